The number of fused-ring (bicyclic) bond motifs is 3. The van der Waals surface area contributed by atoms with Crippen LogP contribution in [0.1, 0.15) is 33.6 Å². The minimum Gasteiger partial charge on any atom is -0.462 e. The van der Waals surface area contributed by atoms with Gasteiger partial charge in [0.25, 0.3) is 0 Å². The molecule has 3 aliphatic rings. The smallest absolute Gasteiger partial charge is 0.334 e. The number of hydrogen-bond donors (Lipinski definition) is 1. The summed E-state index contributed by atoms with van der Waals surface area (Å²) in [6.45, 7) is 11.4. The molecule has 1 aliphatic heterocycles. The maximum Gasteiger partial charge on any atom is 0.334 e. The molecule has 2 saturated carbocycles. The fourth-order valence-electron chi connectivity index (χ4n) is 5.02. The molecule has 3 fully saturated rings. The van der Waals surface area contributed by atoms with Crippen LogP contribution in [0, 0.1) is 23.2 Å². The van der Waals surface area contributed by atoms with Crippen molar-refractivity contribution in [3.05, 3.63) is 24.3 Å². The van der Waals surface area contributed by atoms with Gasteiger partial charge < -0.3 is 19.3 Å². The molecule has 8 nitrogen and oxygen atoms in total. The predicted molar refractivity (Wildman–Crippen MR) is 99.2 cm³/mol. The van der Waals surface area contributed by atoms with E-state index in [0.717, 1.165) is 0 Å². The van der Waals surface area contributed by atoms with Gasteiger partial charge in [0, 0.05) is 41.7 Å². The number of hydrogen-bond acceptors (Lipinski definition) is 8. The molecule has 0 spiro atoms. The maximum absolute atomic E-state index is 13.1. The molecule has 1 heterocycles. The van der Waals surface area contributed by atoms with Gasteiger partial charge >= 0.3 is 17.9 Å². The van der Waals surface area contributed by atoms with Crippen molar-refractivity contribution in [1.82, 2.24) is 0 Å². The van der Waals surface area contributed by atoms with Gasteiger partial charge in [-0.25, -0.2) is 9.59 Å². The Morgan fingerprint density at radius 2 is 1.93 bits per heavy atom. The van der Waals surface area contributed by atoms with Crippen molar-refractivity contribution in [1.29, 1.82) is 0 Å². The number of esters is 3. The lowest BCUT2D eigenvalue weighted by Crippen LogP contribution is -2.47. The van der Waals surface area contributed by atoms with Crippen molar-refractivity contribution in [2.45, 2.75) is 51.9 Å². The third kappa shape index (κ3) is 3.39. The molecule has 7 atom stereocenters. The quantitative estimate of drug-likeness (QED) is 0.419. The number of aliphatic hydroxyl groups is 1. The van der Waals surface area contributed by atoms with E-state index in [1.807, 2.05) is 0 Å². The summed E-state index contributed by atoms with van der Waals surface area (Å²) >= 11 is 0. The third-order valence-electron chi connectivity index (χ3n) is 6.49. The Morgan fingerprint density at radius 1 is 1.28 bits per heavy atom. The molecule has 0 aromatic rings. The number of rotatable bonds is 4. The number of carbonyl (C=O) groups is 4. The monoisotopic (exact) mass is 406 g/mol. The number of Topliss-reactive ketones (excluding diaryl/α,β-unsaturated/α-hetero) is 1. The van der Waals surface area contributed by atoms with Gasteiger partial charge in [-0.3, -0.25) is 9.59 Å². The van der Waals surface area contributed by atoms with E-state index in [4.69, 9.17) is 14.2 Å². The SMILES string of the molecule is C=C(C)C(=O)O[C@H]1CC(=O)C2C[C@H](OC(C)=O)[C@](C)(CO)C2[C@H]2OC(=O)C(=C)[C@H]12. The lowest BCUT2D eigenvalue weighted by atomic mass is 9.70. The fraction of sp³-hybridized carbons (Fsp3) is 0.619. The van der Waals surface area contributed by atoms with Crippen LogP contribution in [0.3, 0.4) is 0 Å². The summed E-state index contributed by atoms with van der Waals surface area (Å²) in [4.78, 5) is 49.1. The average molecular weight is 406 g/mol. The zero-order valence-corrected chi connectivity index (χ0v) is 16.8. The first kappa shape index (κ1) is 21.2. The van der Waals surface area contributed by atoms with Gasteiger partial charge in [0.15, 0.2) is 0 Å². The maximum atomic E-state index is 13.1. The number of ketones is 1. The van der Waals surface area contributed by atoms with Crippen molar-refractivity contribution >= 4 is 23.7 Å². The van der Waals surface area contributed by atoms with E-state index in [1.54, 1.807) is 6.92 Å². The van der Waals surface area contributed by atoms with Crippen molar-refractivity contribution in [2.24, 2.45) is 23.2 Å². The van der Waals surface area contributed by atoms with Crippen molar-refractivity contribution in [3.8, 4) is 0 Å². The molecule has 158 valence electrons. The second-order valence-electron chi connectivity index (χ2n) is 8.45. The highest BCUT2D eigenvalue weighted by atomic mass is 16.6. The molecular formula is C21H26O8. The minimum atomic E-state index is -1.01. The van der Waals surface area contributed by atoms with E-state index in [0.29, 0.717) is 0 Å². The van der Waals surface area contributed by atoms with Crippen LogP contribution < -0.4 is 0 Å². The van der Waals surface area contributed by atoms with E-state index >= 15 is 0 Å². The summed E-state index contributed by atoms with van der Waals surface area (Å²) in [5.41, 5.74) is -0.712. The van der Waals surface area contributed by atoms with Crippen LogP contribution in [0.15, 0.2) is 24.3 Å². The van der Waals surface area contributed by atoms with Crippen LogP contribution in [-0.4, -0.2) is 53.7 Å². The summed E-state index contributed by atoms with van der Waals surface area (Å²) in [5.74, 6) is -3.95. The second-order valence-corrected chi connectivity index (χ2v) is 8.45. The van der Waals surface area contributed by atoms with E-state index in [1.165, 1.54) is 13.8 Å². The molecular weight excluding hydrogens is 380 g/mol. The van der Waals surface area contributed by atoms with Crippen LogP contribution >= 0.6 is 0 Å². The van der Waals surface area contributed by atoms with Crippen molar-refractivity contribution in [3.63, 3.8) is 0 Å². The molecule has 0 aromatic carbocycles. The Balaban J connectivity index is 2.04. The molecule has 0 radical (unpaired) electrons. The largest absolute Gasteiger partial charge is 0.462 e. The molecule has 1 saturated heterocycles. The van der Waals surface area contributed by atoms with Gasteiger partial charge in [0.05, 0.1) is 12.5 Å². The Bertz CT molecular complexity index is 799. The van der Waals surface area contributed by atoms with Gasteiger partial charge in [0.2, 0.25) is 0 Å². The molecule has 0 aromatic heterocycles. The normalized spacial score (nSPS) is 38.6. The summed E-state index contributed by atoms with van der Waals surface area (Å²) in [5, 5.41) is 10.2. The summed E-state index contributed by atoms with van der Waals surface area (Å²) in [6, 6.07) is 0. The number of ether oxygens (including phenoxy) is 3. The number of carbonyl (C=O) groups excluding carboxylic acids is 4. The van der Waals surface area contributed by atoms with Crippen LogP contribution in [0.5, 0.6) is 0 Å². The van der Waals surface area contributed by atoms with Gasteiger partial charge in [-0.05, 0) is 13.3 Å². The summed E-state index contributed by atoms with van der Waals surface area (Å²) in [7, 11) is 0. The Hall–Kier alpha value is -2.48. The van der Waals surface area contributed by atoms with E-state index in [9.17, 15) is 24.3 Å². The number of aliphatic hydroxyl groups excluding tert-OH is 1. The first-order valence-corrected chi connectivity index (χ1v) is 9.58. The van der Waals surface area contributed by atoms with Gasteiger partial charge in [-0.15, -0.1) is 0 Å². The fourth-order valence-corrected chi connectivity index (χ4v) is 5.02. The highest BCUT2D eigenvalue weighted by molar-refractivity contribution is 5.93. The van der Waals surface area contributed by atoms with Crippen molar-refractivity contribution < 1.29 is 38.5 Å². The molecule has 2 aliphatic carbocycles. The first-order chi connectivity index (χ1) is 13.5. The second kappa shape index (κ2) is 7.40. The lowest BCUT2D eigenvalue weighted by Gasteiger charge is -2.38. The highest BCUT2D eigenvalue weighted by Crippen LogP contribution is 2.56. The molecule has 29 heavy (non-hydrogen) atoms. The van der Waals surface area contributed by atoms with Crippen molar-refractivity contribution in [2.75, 3.05) is 6.61 Å². The Labute approximate surface area is 168 Å². The third-order valence-corrected chi connectivity index (χ3v) is 6.49. The standard InChI is InChI=1S/C21H26O8/c1-9(2)19(25)28-14-7-13(24)12-6-15(27-11(4)23)21(5,8-22)17(12)18-16(14)10(3)20(26)29-18/h12,14-18,22H,1,3,6-8H2,2,4-5H3/t12?,14-,15-,16+,17?,18-,21-/m0/s1. The lowest BCUT2D eigenvalue weighted by molar-refractivity contribution is -0.162. The van der Waals surface area contributed by atoms with Gasteiger partial charge in [0.1, 0.15) is 24.1 Å². The molecule has 1 N–H and O–H groups in total. The predicted octanol–water partition coefficient (Wildman–Crippen LogP) is 1.11. The zero-order chi connectivity index (χ0) is 21.7. The zero-order valence-electron chi connectivity index (χ0n) is 16.8. The Morgan fingerprint density at radius 3 is 2.48 bits per heavy atom. The highest BCUT2D eigenvalue weighted by Gasteiger charge is 2.65. The van der Waals surface area contributed by atoms with Gasteiger partial charge in [-0.2, -0.15) is 0 Å². The summed E-state index contributed by atoms with van der Waals surface area (Å²) in [6.07, 6.45) is -2.37. The molecule has 2 unspecified atom stereocenters. The van der Waals surface area contributed by atoms with Crippen LogP contribution in [0.2, 0.25) is 0 Å². The van der Waals surface area contributed by atoms with Crippen LogP contribution in [0.25, 0.3) is 0 Å². The topological polar surface area (TPSA) is 116 Å². The van der Waals surface area contributed by atoms with E-state index in [-0.39, 0.29) is 36.4 Å². The van der Waals surface area contributed by atoms with E-state index < -0.39 is 59.4 Å². The molecule has 3 rings (SSSR count). The van der Waals surface area contributed by atoms with E-state index in [2.05, 4.69) is 13.2 Å². The van der Waals surface area contributed by atoms with Gasteiger partial charge in [-0.1, -0.05) is 20.1 Å². The first-order valence-electron chi connectivity index (χ1n) is 9.58. The molecule has 0 bridgehead atoms. The average Bonchev–Trinajstić information content (AvgIpc) is 3.04. The summed E-state index contributed by atoms with van der Waals surface area (Å²) < 4.78 is 16.5. The minimum absolute atomic E-state index is 0.120. The van der Waals surface area contributed by atoms with Crippen LogP contribution in [0.4, 0.5) is 0 Å². The molecule has 8 heteroatoms. The Kier molecular flexibility index (Phi) is 5.42. The van der Waals surface area contributed by atoms with Crippen LogP contribution in [-0.2, 0) is 33.4 Å². The molecule has 0 amide bonds.